The zero-order chi connectivity index (χ0) is 24.1. The number of hydrogen-bond donors (Lipinski definition) is 1. The Bertz CT molecular complexity index is 1360. The number of amides is 3. The van der Waals surface area contributed by atoms with Crippen LogP contribution in [-0.2, 0) is 14.4 Å². The highest BCUT2D eigenvalue weighted by Crippen LogP contribution is 2.52. The Morgan fingerprint density at radius 2 is 1.57 bits per heavy atom. The number of hydrazone groups is 1. The van der Waals surface area contributed by atoms with Gasteiger partial charge in [0, 0.05) is 5.69 Å². The van der Waals surface area contributed by atoms with E-state index in [-0.39, 0.29) is 11.8 Å². The van der Waals surface area contributed by atoms with Crippen LogP contribution in [0, 0.1) is 11.8 Å². The second kappa shape index (κ2) is 8.09. The summed E-state index contributed by atoms with van der Waals surface area (Å²) in [6.07, 6.45) is 1.69. The van der Waals surface area contributed by atoms with Gasteiger partial charge in [-0.1, -0.05) is 42.5 Å². The Hall–Kier alpha value is -4.46. The van der Waals surface area contributed by atoms with Gasteiger partial charge in [-0.25, -0.2) is 4.90 Å². The Balaban J connectivity index is 1.43. The minimum atomic E-state index is -0.936. The quantitative estimate of drug-likeness (QED) is 0.597. The third-order valence-electron chi connectivity index (χ3n) is 6.93. The van der Waals surface area contributed by atoms with Crippen molar-refractivity contribution in [3.8, 4) is 5.75 Å². The van der Waals surface area contributed by atoms with Crippen LogP contribution in [0.4, 0.5) is 11.4 Å². The third-order valence-corrected chi connectivity index (χ3v) is 6.93. The summed E-state index contributed by atoms with van der Waals surface area (Å²) in [5.74, 6) is -2.10. The number of benzene rings is 3. The summed E-state index contributed by atoms with van der Waals surface area (Å²) in [7, 11) is 1.55. The van der Waals surface area contributed by atoms with Crippen LogP contribution in [0.15, 0.2) is 84.0 Å². The van der Waals surface area contributed by atoms with Crippen molar-refractivity contribution < 1.29 is 19.1 Å². The Morgan fingerprint density at radius 3 is 2.31 bits per heavy atom. The molecule has 3 aromatic carbocycles. The molecule has 0 saturated carbocycles. The second-order valence-corrected chi connectivity index (χ2v) is 8.76. The molecule has 1 N–H and O–H groups in total. The molecular weight excluding hydrogens is 444 g/mol. The molecule has 0 aromatic heterocycles. The molecule has 2 fully saturated rings. The number of anilines is 2. The summed E-state index contributed by atoms with van der Waals surface area (Å²) < 4.78 is 5.21. The smallest absolute Gasteiger partial charge is 0.249 e. The summed E-state index contributed by atoms with van der Waals surface area (Å²) >= 11 is 0. The Morgan fingerprint density at radius 1 is 0.886 bits per heavy atom. The first-order chi connectivity index (χ1) is 17.1. The van der Waals surface area contributed by atoms with E-state index in [1.165, 1.54) is 4.90 Å². The molecule has 0 spiro atoms. The maximum absolute atomic E-state index is 13.8. The lowest BCUT2D eigenvalue weighted by Crippen LogP contribution is -2.46. The fraction of sp³-hybridized carbons (Fsp3) is 0.185. The first kappa shape index (κ1) is 21.1. The van der Waals surface area contributed by atoms with E-state index in [2.05, 4.69) is 10.4 Å². The van der Waals surface area contributed by atoms with Crippen LogP contribution in [0.2, 0.25) is 0 Å². The van der Waals surface area contributed by atoms with Gasteiger partial charge in [0.1, 0.15) is 11.8 Å². The van der Waals surface area contributed by atoms with Crippen LogP contribution >= 0.6 is 0 Å². The molecule has 8 nitrogen and oxygen atoms in total. The van der Waals surface area contributed by atoms with E-state index in [1.807, 2.05) is 42.5 Å². The molecule has 4 atom stereocenters. The van der Waals surface area contributed by atoms with E-state index in [1.54, 1.807) is 54.7 Å². The SMILES string of the molecule is COc1ccc(N2C(=O)[C@@H]3[C@H](C2=O)[C@@H]2c4ccccc4C=NN2[C@@H]3C(=O)Nc2ccccc2)cc1. The number of carbonyl (C=O) groups excluding carboxylic acids is 3. The van der Waals surface area contributed by atoms with E-state index < -0.39 is 29.8 Å². The monoisotopic (exact) mass is 466 g/mol. The fourth-order valence-electron chi connectivity index (χ4n) is 5.39. The minimum Gasteiger partial charge on any atom is -0.497 e. The zero-order valence-corrected chi connectivity index (χ0v) is 18.9. The molecule has 35 heavy (non-hydrogen) atoms. The normalized spacial score (nSPS) is 24.1. The van der Waals surface area contributed by atoms with Crippen LogP contribution in [0.5, 0.6) is 5.75 Å². The van der Waals surface area contributed by atoms with Gasteiger partial charge in [-0.2, -0.15) is 5.10 Å². The molecule has 0 aliphatic carbocycles. The van der Waals surface area contributed by atoms with Crippen LogP contribution in [-0.4, -0.2) is 42.1 Å². The van der Waals surface area contributed by atoms with E-state index >= 15 is 0 Å². The summed E-state index contributed by atoms with van der Waals surface area (Å²) in [5, 5.41) is 9.10. The number of carbonyl (C=O) groups is 3. The van der Waals surface area contributed by atoms with E-state index in [4.69, 9.17) is 4.74 Å². The lowest BCUT2D eigenvalue weighted by Gasteiger charge is -2.33. The molecule has 8 heteroatoms. The predicted molar refractivity (Wildman–Crippen MR) is 130 cm³/mol. The lowest BCUT2D eigenvalue weighted by molar-refractivity contribution is -0.129. The van der Waals surface area contributed by atoms with Gasteiger partial charge < -0.3 is 10.1 Å². The maximum atomic E-state index is 13.8. The molecule has 0 bridgehead atoms. The van der Waals surface area contributed by atoms with Crippen molar-refractivity contribution in [2.24, 2.45) is 16.9 Å². The van der Waals surface area contributed by atoms with Gasteiger partial charge >= 0.3 is 0 Å². The van der Waals surface area contributed by atoms with Crippen LogP contribution in [0.3, 0.4) is 0 Å². The number of ether oxygens (including phenoxy) is 1. The van der Waals surface area contributed by atoms with Crippen molar-refractivity contribution in [2.75, 3.05) is 17.3 Å². The van der Waals surface area contributed by atoms with Gasteiger partial charge in [-0.05, 0) is 47.5 Å². The number of imide groups is 1. The van der Waals surface area contributed by atoms with Crippen LogP contribution in [0.1, 0.15) is 17.2 Å². The highest BCUT2D eigenvalue weighted by atomic mass is 16.5. The fourth-order valence-corrected chi connectivity index (χ4v) is 5.39. The van der Waals surface area contributed by atoms with E-state index in [0.717, 1.165) is 11.1 Å². The summed E-state index contributed by atoms with van der Waals surface area (Å²) in [4.78, 5) is 42.4. The van der Waals surface area contributed by atoms with Crippen molar-refractivity contribution >= 4 is 35.3 Å². The number of nitrogens with one attached hydrogen (secondary N) is 1. The van der Waals surface area contributed by atoms with E-state index in [9.17, 15) is 14.4 Å². The third kappa shape index (κ3) is 3.21. The van der Waals surface area contributed by atoms with Gasteiger partial charge in [-0.3, -0.25) is 19.4 Å². The van der Waals surface area contributed by atoms with Crippen molar-refractivity contribution in [2.45, 2.75) is 12.1 Å². The zero-order valence-electron chi connectivity index (χ0n) is 18.9. The average Bonchev–Trinajstić information content (AvgIpc) is 3.37. The number of fused-ring (bicyclic) bond motifs is 5. The highest BCUT2D eigenvalue weighted by molar-refractivity contribution is 6.24. The number of nitrogens with zero attached hydrogens (tertiary/aromatic N) is 3. The number of methoxy groups -OCH3 is 1. The van der Waals surface area contributed by atoms with Crippen molar-refractivity contribution in [1.82, 2.24) is 5.01 Å². The number of rotatable bonds is 4. The highest BCUT2D eigenvalue weighted by Gasteiger charge is 2.65. The van der Waals surface area contributed by atoms with Gasteiger partial charge in [0.15, 0.2) is 0 Å². The summed E-state index contributed by atoms with van der Waals surface area (Å²) in [5.41, 5.74) is 2.82. The maximum Gasteiger partial charge on any atom is 0.249 e. The average molecular weight is 466 g/mol. The molecule has 3 amide bonds. The molecule has 3 heterocycles. The lowest BCUT2D eigenvalue weighted by atomic mass is 9.85. The van der Waals surface area contributed by atoms with Gasteiger partial charge in [0.05, 0.1) is 36.9 Å². The summed E-state index contributed by atoms with van der Waals surface area (Å²) in [6.45, 7) is 0. The molecule has 3 aliphatic rings. The van der Waals surface area contributed by atoms with Crippen LogP contribution < -0.4 is 15.0 Å². The standard InChI is InChI=1S/C27H22N4O4/c1-35-19-13-11-18(12-14-19)30-26(33)21-22(27(30)34)24(25(32)29-17-8-3-2-4-9-17)31-23(21)20-10-6-5-7-16(20)15-28-31/h2-15,21-24H,1H3,(H,29,32)/t21-,22+,23-,24-/m0/s1. The van der Waals surface area contributed by atoms with E-state index in [0.29, 0.717) is 17.1 Å². The van der Waals surface area contributed by atoms with Gasteiger partial charge in [0.2, 0.25) is 17.7 Å². The summed E-state index contributed by atoms with van der Waals surface area (Å²) in [6, 6.07) is 22.0. The van der Waals surface area contributed by atoms with Gasteiger partial charge in [-0.15, -0.1) is 0 Å². The topological polar surface area (TPSA) is 91.3 Å². The molecule has 6 rings (SSSR count). The van der Waals surface area contributed by atoms with Crippen molar-refractivity contribution in [3.05, 3.63) is 90.0 Å². The number of para-hydroxylation sites is 1. The molecule has 0 unspecified atom stereocenters. The molecule has 3 aliphatic heterocycles. The molecule has 2 saturated heterocycles. The largest absolute Gasteiger partial charge is 0.497 e. The van der Waals surface area contributed by atoms with Crippen molar-refractivity contribution in [1.29, 1.82) is 0 Å². The first-order valence-electron chi connectivity index (χ1n) is 11.4. The second-order valence-electron chi connectivity index (χ2n) is 8.76. The molecule has 174 valence electrons. The molecular formula is C27H22N4O4. The number of hydrogen-bond acceptors (Lipinski definition) is 6. The molecule has 3 aromatic rings. The Labute approximate surface area is 201 Å². The minimum absolute atomic E-state index is 0.331. The first-order valence-corrected chi connectivity index (χ1v) is 11.4. The van der Waals surface area contributed by atoms with Gasteiger partial charge in [0.25, 0.3) is 0 Å². The Kier molecular flexibility index (Phi) is 4.88. The molecule has 0 radical (unpaired) electrons. The predicted octanol–water partition coefficient (Wildman–Crippen LogP) is 3.21. The van der Waals surface area contributed by atoms with Crippen molar-refractivity contribution in [3.63, 3.8) is 0 Å². The van der Waals surface area contributed by atoms with Crippen LogP contribution in [0.25, 0.3) is 0 Å².